The van der Waals surface area contributed by atoms with Crippen LogP contribution in [0, 0.1) is 6.92 Å². The number of nitrogens with zero attached hydrogens (tertiary/aromatic N) is 1. The maximum Gasteiger partial charge on any atom is 0.347 e. The van der Waals surface area contributed by atoms with Gasteiger partial charge in [-0.1, -0.05) is 28.9 Å². The van der Waals surface area contributed by atoms with E-state index in [9.17, 15) is 12.6 Å². The van der Waals surface area contributed by atoms with Crippen LogP contribution in [0.1, 0.15) is 12.5 Å². The van der Waals surface area contributed by atoms with Gasteiger partial charge in [0.15, 0.2) is 0 Å². The van der Waals surface area contributed by atoms with Crippen molar-refractivity contribution in [1.29, 1.82) is 0 Å². The molecule has 0 bridgehead atoms. The third-order valence-corrected chi connectivity index (χ3v) is 6.15. The predicted octanol–water partition coefficient (Wildman–Crippen LogP) is 2.33. The van der Waals surface area contributed by atoms with Crippen molar-refractivity contribution in [2.75, 3.05) is 5.75 Å². The third kappa shape index (κ3) is 3.20. The fourth-order valence-electron chi connectivity index (χ4n) is 1.31. The van der Waals surface area contributed by atoms with Gasteiger partial charge in [0.1, 0.15) is 0 Å². The van der Waals surface area contributed by atoms with E-state index in [4.69, 9.17) is 10.7 Å². The average Bonchev–Trinajstić information content (AvgIpc) is 2.15. The Hall–Kier alpha value is -0.590. The number of hydrogen-bond donors (Lipinski definition) is 0. The van der Waals surface area contributed by atoms with Crippen molar-refractivity contribution in [3.8, 4) is 0 Å². The first-order valence-corrected chi connectivity index (χ1v) is 8.50. The maximum absolute atomic E-state index is 12.4. The third-order valence-electron chi connectivity index (χ3n) is 2.04. The van der Waals surface area contributed by atoms with Gasteiger partial charge in [-0.2, -0.15) is 8.42 Å². The summed E-state index contributed by atoms with van der Waals surface area (Å²) in [6.07, 6.45) is 0. The molecule has 0 N–H and O–H groups in total. The van der Waals surface area contributed by atoms with Gasteiger partial charge >= 0.3 is 9.24 Å². The molecule has 0 fully saturated rings. The average molecular weight is 282 g/mol. The van der Waals surface area contributed by atoms with E-state index in [-0.39, 0.29) is 5.75 Å². The summed E-state index contributed by atoms with van der Waals surface area (Å²) in [5, 5.41) is 0. The van der Waals surface area contributed by atoms with Gasteiger partial charge in [-0.25, -0.2) is 4.21 Å². The molecule has 0 unspecified atom stereocenters. The second-order valence-corrected chi connectivity index (χ2v) is 8.07. The summed E-state index contributed by atoms with van der Waals surface area (Å²) >= 11 is 0. The smallest absolute Gasteiger partial charge is 0.244 e. The first-order valence-electron chi connectivity index (χ1n) is 4.55. The quantitative estimate of drug-likeness (QED) is 0.799. The van der Waals surface area contributed by atoms with Crippen LogP contribution in [0.25, 0.3) is 0 Å². The Balaban J connectivity index is 3.57. The number of halogens is 1. The highest BCUT2D eigenvalue weighted by atomic mass is 35.7. The van der Waals surface area contributed by atoms with Crippen molar-refractivity contribution in [1.82, 2.24) is 0 Å². The fourth-order valence-corrected chi connectivity index (χ4v) is 5.19. The lowest BCUT2D eigenvalue weighted by molar-refractivity contribution is 0.611. The van der Waals surface area contributed by atoms with Crippen LogP contribution in [0.5, 0.6) is 0 Å². The van der Waals surface area contributed by atoms with Crippen molar-refractivity contribution in [2.24, 2.45) is 3.77 Å². The van der Waals surface area contributed by atoms with Gasteiger partial charge in [-0.15, -0.1) is 0 Å². The highest BCUT2D eigenvalue weighted by molar-refractivity contribution is 8.17. The molecule has 1 rings (SSSR count). The predicted molar refractivity (Wildman–Crippen MR) is 65.3 cm³/mol. The molecule has 1 aromatic carbocycles. The molecule has 0 aromatic heterocycles. The molecule has 0 saturated carbocycles. The van der Waals surface area contributed by atoms with Crippen molar-refractivity contribution in [3.63, 3.8) is 0 Å². The Labute approximate surface area is 100 Å². The highest BCUT2D eigenvalue weighted by Crippen LogP contribution is 2.20. The molecule has 16 heavy (non-hydrogen) atoms. The molecule has 0 aliphatic heterocycles. The van der Waals surface area contributed by atoms with E-state index in [0.717, 1.165) is 5.56 Å². The van der Waals surface area contributed by atoms with Crippen LogP contribution in [-0.2, 0) is 19.0 Å². The van der Waals surface area contributed by atoms with E-state index in [2.05, 4.69) is 3.77 Å². The minimum absolute atomic E-state index is 0.101. The van der Waals surface area contributed by atoms with Crippen LogP contribution in [0.4, 0.5) is 0 Å². The van der Waals surface area contributed by atoms with Crippen molar-refractivity contribution in [2.45, 2.75) is 18.7 Å². The molecule has 0 spiro atoms. The lowest BCUT2D eigenvalue weighted by atomic mass is 10.2. The second kappa shape index (κ2) is 4.73. The van der Waals surface area contributed by atoms with E-state index < -0.39 is 19.0 Å². The Morgan fingerprint density at radius 2 is 1.81 bits per heavy atom. The Morgan fingerprint density at radius 1 is 1.25 bits per heavy atom. The number of benzene rings is 1. The van der Waals surface area contributed by atoms with Gasteiger partial charge in [0, 0.05) is 16.4 Å². The Morgan fingerprint density at radius 3 is 2.25 bits per heavy atom. The molecule has 0 radical (unpaired) electrons. The van der Waals surface area contributed by atoms with Crippen LogP contribution in [0.15, 0.2) is 32.9 Å². The summed E-state index contributed by atoms with van der Waals surface area (Å²) in [4.78, 5) is 0.418. The van der Waals surface area contributed by atoms with E-state index in [1.807, 2.05) is 0 Å². The maximum atomic E-state index is 12.4. The molecular formula is C9H12ClNO3S2. The monoisotopic (exact) mass is 281 g/mol. The van der Waals surface area contributed by atoms with Crippen molar-refractivity contribution < 1.29 is 12.6 Å². The Kier molecular flexibility index (Phi) is 3.98. The molecule has 1 aromatic rings. The van der Waals surface area contributed by atoms with Crippen molar-refractivity contribution in [3.05, 3.63) is 29.8 Å². The molecule has 0 aliphatic rings. The molecule has 4 nitrogen and oxygen atoms in total. The summed E-state index contributed by atoms with van der Waals surface area (Å²) in [6, 6.07) is 6.82. The van der Waals surface area contributed by atoms with Gasteiger partial charge in [0.05, 0.1) is 14.6 Å². The molecule has 0 aliphatic carbocycles. The lowest BCUT2D eigenvalue weighted by Gasteiger charge is -2.09. The van der Waals surface area contributed by atoms with E-state index in [1.165, 1.54) is 0 Å². The van der Waals surface area contributed by atoms with Gasteiger partial charge in [0.2, 0.25) is 0 Å². The summed E-state index contributed by atoms with van der Waals surface area (Å²) < 4.78 is 37.4. The van der Waals surface area contributed by atoms with Gasteiger partial charge in [0.25, 0.3) is 0 Å². The van der Waals surface area contributed by atoms with E-state index in [1.54, 1.807) is 38.1 Å². The molecule has 90 valence electrons. The minimum Gasteiger partial charge on any atom is -0.244 e. The SMILES string of the molecule is CC[S@](=O)(=NS(=O)(=O)Cl)c1ccccc1C. The Bertz CT molecular complexity index is 601. The first-order chi connectivity index (χ1) is 7.28. The molecule has 0 amide bonds. The van der Waals surface area contributed by atoms with Gasteiger partial charge in [-0.05, 0) is 18.6 Å². The van der Waals surface area contributed by atoms with Crippen LogP contribution in [-0.4, -0.2) is 18.4 Å². The van der Waals surface area contributed by atoms with Crippen LogP contribution in [0.2, 0.25) is 0 Å². The molecule has 7 heteroatoms. The van der Waals surface area contributed by atoms with Gasteiger partial charge in [-0.3, -0.25) is 0 Å². The molecule has 0 heterocycles. The zero-order valence-electron chi connectivity index (χ0n) is 8.88. The summed E-state index contributed by atoms with van der Waals surface area (Å²) in [7, 11) is -2.10. The zero-order valence-corrected chi connectivity index (χ0v) is 11.3. The number of aryl methyl sites for hydroxylation is 1. The molecule has 0 saturated heterocycles. The van der Waals surface area contributed by atoms with Crippen LogP contribution >= 0.6 is 10.7 Å². The van der Waals surface area contributed by atoms with E-state index in [0.29, 0.717) is 4.90 Å². The molecular weight excluding hydrogens is 270 g/mol. The lowest BCUT2D eigenvalue weighted by Crippen LogP contribution is -2.07. The van der Waals surface area contributed by atoms with Crippen molar-refractivity contribution >= 4 is 29.6 Å². The highest BCUT2D eigenvalue weighted by Gasteiger charge is 2.16. The summed E-state index contributed by atoms with van der Waals surface area (Å²) in [5.74, 6) is 0.101. The second-order valence-electron chi connectivity index (χ2n) is 3.18. The van der Waals surface area contributed by atoms with Crippen LogP contribution in [0.3, 0.4) is 0 Å². The number of hydrogen-bond acceptors (Lipinski definition) is 3. The zero-order chi connectivity index (χ0) is 12.4. The van der Waals surface area contributed by atoms with Gasteiger partial charge < -0.3 is 0 Å². The standard InChI is InChI=1S/C9H12ClNO3S2/c1-3-15(12,11-16(10,13)14)9-7-5-4-6-8(9)2/h4-7H,3H2,1-2H3/t15-/m1/s1. The first kappa shape index (κ1) is 13.5. The van der Waals surface area contributed by atoms with Crippen LogP contribution < -0.4 is 0 Å². The minimum atomic E-state index is -4.14. The summed E-state index contributed by atoms with van der Waals surface area (Å²) in [5.41, 5.74) is 0.735. The normalized spacial score (nSPS) is 15.4. The molecule has 1 atom stereocenters. The topological polar surface area (TPSA) is 63.6 Å². The largest absolute Gasteiger partial charge is 0.347 e. The fraction of sp³-hybridized carbons (Fsp3) is 0.333. The summed E-state index contributed by atoms with van der Waals surface area (Å²) in [6.45, 7) is 3.36. The number of rotatable bonds is 3. The van der Waals surface area contributed by atoms with E-state index >= 15 is 0 Å².